The highest BCUT2D eigenvalue weighted by Crippen LogP contribution is 2.37. The van der Waals surface area contributed by atoms with Crippen LogP contribution < -0.4 is 10.5 Å². The van der Waals surface area contributed by atoms with E-state index in [1.54, 1.807) is 22.8 Å². The van der Waals surface area contributed by atoms with E-state index in [9.17, 15) is 5.26 Å². The molecule has 0 saturated heterocycles. The Morgan fingerprint density at radius 3 is 2.75 bits per heavy atom. The second-order valence-electron chi connectivity index (χ2n) is 4.56. The molecular weight excluding hydrogens is 274 g/mol. The van der Waals surface area contributed by atoms with Crippen molar-refractivity contribution in [2.45, 2.75) is 26.3 Å². The molecule has 0 aliphatic carbocycles. The van der Waals surface area contributed by atoms with E-state index in [4.69, 9.17) is 22.1 Å². The molecule has 2 rings (SSSR count). The van der Waals surface area contributed by atoms with Crippen molar-refractivity contribution in [1.82, 2.24) is 4.57 Å². The minimum Gasteiger partial charge on any atom is -0.437 e. The summed E-state index contributed by atoms with van der Waals surface area (Å²) in [7, 11) is 0. The van der Waals surface area contributed by atoms with E-state index in [0.29, 0.717) is 28.0 Å². The number of nitrogens with two attached hydrogens (primary N) is 1. The second-order valence-corrected chi connectivity index (χ2v) is 4.97. The smallest absolute Gasteiger partial charge is 0.224 e. The average molecular weight is 290 g/mol. The minimum absolute atomic E-state index is 0.111. The average Bonchev–Trinajstić information content (AvgIpc) is 2.77. The van der Waals surface area contributed by atoms with Crippen LogP contribution in [0.15, 0.2) is 30.3 Å². The maximum absolute atomic E-state index is 9.21. The number of aromatic nitrogens is 1. The van der Waals surface area contributed by atoms with Crippen molar-refractivity contribution in [3.63, 3.8) is 0 Å². The first kappa shape index (κ1) is 14.3. The van der Waals surface area contributed by atoms with E-state index in [-0.39, 0.29) is 6.04 Å². The molecule has 0 aliphatic heterocycles. The number of halogens is 1. The first-order valence-corrected chi connectivity index (χ1v) is 6.79. The van der Waals surface area contributed by atoms with Gasteiger partial charge in [0, 0.05) is 12.1 Å². The second kappa shape index (κ2) is 5.89. The van der Waals surface area contributed by atoms with Gasteiger partial charge in [-0.3, -0.25) is 4.57 Å². The lowest BCUT2D eigenvalue weighted by Gasteiger charge is -2.17. The number of hydrogen-bond acceptors (Lipinski definition) is 3. The summed E-state index contributed by atoms with van der Waals surface area (Å²) in [4.78, 5) is 0. The quantitative estimate of drug-likeness (QED) is 0.909. The standard InChI is InChI=1S/C15H16ClN3O/c1-3-10(2)19-11(9-17)8-13(18)15(19)20-14-7-5-4-6-12(14)16/h4-8,10H,3,18H2,1-2H3/t10-/m0/s1. The summed E-state index contributed by atoms with van der Waals surface area (Å²) >= 11 is 6.09. The lowest BCUT2D eigenvalue weighted by Crippen LogP contribution is -2.08. The van der Waals surface area contributed by atoms with Crippen LogP contribution in [-0.2, 0) is 0 Å². The Bertz CT molecular complexity index is 658. The van der Waals surface area contributed by atoms with E-state index in [1.165, 1.54) is 0 Å². The Balaban J connectivity index is 2.49. The Kier molecular flexibility index (Phi) is 4.21. The number of hydrogen-bond donors (Lipinski definition) is 1. The zero-order valence-corrected chi connectivity index (χ0v) is 12.2. The molecule has 1 aromatic carbocycles. The van der Waals surface area contributed by atoms with Gasteiger partial charge in [-0.25, -0.2) is 0 Å². The van der Waals surface area contributed by atoms with E-state index < -0.39 is 0 Å². The van der Waals surface area contributed by atoms with Crippen LogP contribution >= 0.6 is 11.6 Å². The van der Waals surface area contributed by atoms with Gasteiger partial charge in [-0.2, -0.15) is 5.26 Å². The van der Waals surface area contributed by atoms with Crippen LogP contribution in [0.1, 0.15) is 32.0 Å². The summed E-state index contributed by atoms with van der Waals surface area (Å²) in [5.74, 6) is 0.983. The van der Waals surface area contributed by atoms with Crippen molar-refractivity contribution < 1.29 is 4.74 Å². The molecule has 4 nitrogen and oxygen atoms in total. The summed E-state index contributed by atoms with van der Waals surface area (Å²) in [6.45, 7) is 4.06. The third kappa shape index (κ3) is 2.59. The summed E-state index contributed by atoms with van der Waals surface area (Å²) in [5, 5.41) is 9.72. The highest BCUT2D eigenvalue weighted by molar-refractivity contribution is 6.32. The van der Waals surface area contributed by atoms with Gasteiger partial charge >= 0.3 is 0 Å². The van der Waals surface area contributed by atoms with Crippen LogP contribution in [0, 0.1) is 11.3 Å². The highest BCUT2D eigenvalue weighted by Gasteiger charge is 2.19. The minimum atomic E-state index is 0.111. The van der Waals surface area contributed by atoms with Gasteiger partial charge in [0.05, 0.1) is 10.7 Å². The molecule has 0 spiro atoms. The third-order valence-electron chi connectivity index (χ3n) is 3.21. The first-order valence-electron chi connectivity index (χ1n) is 6.41. The van der Waals surface area contributed by atoms with Gasteiger partial charge < -0.3 is 10.5 Å². The lowest BCUT2D eigenvalue weighted by atomic mass is 10.2. The predicted octanol–water partition coefficient (Wildman–Crippen LogP) is 4.36. The Hall–Kier alpha value is -2.12. The van der Waals surface area contributed by atoms with Gasteiger partial charge in [0.2, 0.25) is 5.88 Å². The van der Waals surface area contributed by atoms with Crippen molar-refractivity contribution in [3.8, 4) is 17.7 Å². The number of anilines is 1. The molecule has 2 N–H and O–H groups in total. The molecule has 20 heavy (non-hydrogen) atoms. The van der Waals surface area contributed by atoms with E-state index in [1.807, 2.05) is 26.0 Å². The number of para-hydroxylation sites is 1. The largest absolute Gasteiger partial charge is 0.437 e. The van der Waals surface area contributed by atoms with Gasteiger partial charge in [-0.05, 0) is 25.5 Å². The number of nitrogen functional groups attached to an aromatic ring is 1. The van der Waals surface area contributed by atoms with E-state index in [2.05, 4.69) is 6.07 Å². The number of benzene rings is 1. The van der Waals surface area contributed by atoms with Crippen molar-refractivity contribution in [2.24, 2.45) is 0 Å². The van der Waals surface area contributed by atoms with Crippen molar-refractivity contribution >= 4 is 17.3 Å². The molecule has 5 heteroatoms. The van der Waals surface area contributed by atoms with Gasteiger partial charge in [-0.1, -0.05) is 30.7 Å². The molecule has 0 aliphatic rings. The summed E-state index contributed by atoms with van der Waals surface area (Å²) < 4.78 is 7.64. The molecule has 104 valence electrons. The van der Waals surface area contributed by atoms with Crippen LogP contribution in [0.4, 0.5) is 5.69 Å². The molecule has 1 atom stereocenters. The van der Waals surface area contributed by atoms with Crippen LogP contribution in [0.25, 0.3) is 0 Å². The molecule has 0 unspecified atom stereocenters. The SMILES string of the molecule is CC[C@H](C)n1c(C#N)cc(N)c1Oc1ccccc1Cl. The van der Waals surface area contributed by atoms with Crippen LogP contribution in [0.5, 0.6) is 11.6 Å². The van der Waals surface area contributed by atoms with Crippen LogP contribution in [0.3, 0.4) is 0 Å². The topological polar surface area (TPSA) is 64.0 Å². The molecule has 0 saturated carbocycles. The Labute approximate surface area is 123 Å². The predicted molar refractivity (Wildman–Crippen MR) is 80.1 cm³/mol. The molecule has 0 radical (unpaired) electrons. The number of nitrogens with zero attached hydrogens (tertiary/aromatic N) is 2. The fourth-order valence-electron chi connectivity index (χ4n) is 1.97. The maximum atomic E-state index is 9.21. The fourth-order valence-corrected chi connectivity index (χ4v) is 2.15. The zero-order chi connectivity index (χ0) is 14.7. The van der Waals surface area contributed by atoms with Gasteiger partial charge in [0.1, 0.15) is 17.5 Å². The first-order chi connectivity index (χ1) is 9.58. The maximum Gasteiger partial charge on any atom is 0.224 e. The monoisotopic (exact) mass is 289 g/mol. The molecule has 0 fully saturated rings. The fraction of sp³-hybridized carbons (Fsp3) is 0.267. The number of nitriles is 1. The normalized spacial score (nSPS) is 11.9. The molecule has 0 bridgehead atoms. The summed E-state index contributed by atoms with van der Waals surface area (Å²) in [6.07, 6.45) is 0.863. The van der Waals surface area contributed by atoms with Crippen LogP contribution in [0.2, 0.25) is 5.02 Å². The van der Waals surface area contributed by atoms with E-state index in [0.717, 1.165) is 6.42 Å². The van der Waals surface area contributed by atoms with Gasteiger partial charge in [0.15, 0.2) is 0 Å². The molecule has 1 aromatic heterocycles. The van der Waals surface area contributed by atoms with Crippen LogP contribution in [-0.4, -0.2) is 4.57 Å². The molecule has 2 aromatic rings. The molecule has 1 heterocycles. The molecular formula is C15H16ClN3O. The van der Waals surface area contributed by atoms with E-state index >= 15 is 0 Å². The van der Waals surface area contributed by atoms with Crippen molar-refractivity contribution in [2.75, 3.05) is 5.73 Å². The Morgan fingerprint density at radius 2 is 2.15 bits per heavy atom. The van der Waals surface area contributed by atoms with Gasteiger partial charge in [-0.15, -0.1) is 0 Å². The summed E-state index contributed by atoms with van der Waals surface area (Å²) in [5.41, 5.74) is 6.89. The Morgan fingerprint density at radius 1 is 1.45 bits per heavy atom. The molecule has 0 amide bonds. The highest BCUT2D eigenvalue weighted by atomic mass is 35.5. The van der Waals surface area contributed by atoms with Gasteiger partial charge in [0.25, 0.3) is 0 Å². The van der Waals surface area contributed by atoms with Crippen molar-refractivity contribution in [1.29, 1.82) is 5.26 Å². The third-order valence-corrected chi connectivity index (χ3v) is 3.52. The zero-order valence-electron chi connectivity index (χ0n) is 11.4. The van der Waals surface area contributed by atoms with Crippen molar-refractivity contribution in [3.05, 3.63) is 41.0 Å². The number of ether oxygens (including phenoxy) is 1. The number of rotatable bonds is 4. The lowest BCUT2D eigenvalue weighted by molar-refractivity contribution is 0.398. The summed E-state index contributed by atoms with van der Waals surface area (Å²) in [6, 6.07) is 11.0.